The molecule has 15 nitrogen and oxygen atoms in total. The number of allylic oxidation sites excluding steroid dienone is 6. The number of carbonyl (C=O) groups excluding carboxylic acids is 2. The summed E-state index contributed by atoms with van der Waals surface area (Å²) in [6, 6.07) is 6.87. The number of hydrogen-bond acceptors (Lipinski definition) is 9. The van der Waals surface area contributed by atoms with Crippen LogP contribution in [-0.2, 0) is 57.2 Å². The summed E-state index contributed by atoms with van der Waals surface area (Å²) in [7, 11) is 0. The van der Waals surface area contributed by atoms with Crippen molar-refractivity contribution in [3.05, 3.63) is 109 Å². The van der Waals surface area contributed by atoms with Gasteiger partial charge in [0, 0.05) is 58.3 Å². The maximum Gasteiger partial charge on any atom is 0.303 e. The van der Waals surface area contributed by atoms with Gasteiger partial charge in [0.05, 0.1) is 41.1 Å². The first kappa shape index (κ1) is 46.8. The number of benzene rings is 1. The van der Waals surface area contributed by atoms with Crippen molar-refractivity contribution >= 4 is 64.7 Å². The Balaban J connectivity index is 0.00000726. The number of nitrogens with zero attached hydrogens (tertiary/aromatic N) is 4. The summed E-state index contributed by atoms with van der Waals surface area (Å²) < 4.78 is 0. The Kier molecular flexibility index (Phi) is 15.5. The second-order valence-corrected chi connectivity index (χ2v) is 15.5. The first-order chi connectivity index (χ1) is 29.1. The van der Waals surface area contributed by atoms with Crippen molar-refractivity contribution in [1.29, 1.82) is 0 Å². The Bertz CT molecular complexity index is 2590. The van der Waals surface area contributed by atoms with E-state index in [4.69, 9.17) is 25.7 Å². The molecule has 1 aromatic heterocycles. The molecule has 6 rings (SSSR count). The van der Waals surface area contributed by atoms with Crippen LogP contribution in [0.5, 0.6) is 0 Å². The predicted molar refractivity (Wildman–Crippen MR) is 233 cm³/mol. The summed E-state index contributed by atoms with van der Waals surface area (Å²) >= 11 is 0. The van der Waals surface area contributed by atoms with E-state index in [-0.39, 0.29) is 90.1 Å². The van der Waals surface area contributed by atoms with Crippen molar-refractivity contribution in [3.8, 4) is 0 Å². The maximum atomic E-state index is 13.2. The number of carboxylic acids is 3. The molecule has 0 aliphatic carbocycles. The van der Waals surface area contributed by atoms with E-state index in [2.05, 4.69) is 10.6 Å². The van der Waals surface area contributed by atoms with E-state index in [1.807, 2.05) is 58.1 Å². The number of hydrogen-bond donors (Lipinski definition) is 6. The number of aliphatic imine (C=N–C) groups is 3. The van der Waals surface area contributed by atoms with Crippen molar-refractivity contribution < 1.29 is 59.7 Å². The van der Waals surface area contributed by atoms with Crippen LogP contribution in [0.4, 0.5) is 5.69 Å². The Labute approximate surface area is 372 Å². The van der Waals surface area contributed by atoms with Gasteiger partial charge in [-0.3, -0.25) is 29.0 Å². The standard InChI is InChI=1S/C46H51N7O8.Pd/c1-24-30(9-13-42(54)49-23-43(55)48-18-17-28-5-7-29(47)8-6-28)38-19-35-25(2)31(10-14-44(56)57)40(51-35)21-37-27(4)33(12-16-46(60)61)41(53-37)22-36-26(3)32(11-15-45(58)59)39(52-36)20-34(24)50-38;/h5-8,19-22,35H,9-18,23,47H2,1-4H3,(H6,48,49,50,51,52,53,54,55,56,57,58,59,60,61);/p-1/b38-19-;. The molecule has 0 saturated carbocycles. The minimum Gasteiger partial charge on any atom is -0.657 e. The van der Waals surface area contributed by atoms with Gasteiger partial charge in [0.15, 0.2) is 0 Å². The van der Waals surface area contributed by atoms with Gasteiger partial charge >= 0.3 is 17.9 Å². The fourth-order valence-electron chi connectivity index (χ4n) is 7.78. The zero-order chi connectivity index (χ0) is 44.0. The second-order valence-electron chi connectivity index (χ2n) is 15.5. The first-order valence-corrected chi connectivity index (χ1v) is 20.3. The number of nitrogens with one attached hydrogen (secondary N) is 2. The SMILES string of the molecule is CC1=C(CCC(=O)NCC(=O)NCCc2ccc(N)cc2)/C2=C/C3N=C(/C=C4N=C(/C=c5\[n-]/c(c(CCC(=O)O)c5C)=C\C1=N2)C(CCC(=O)O)=C\4C)C(CCC(=O)O)=C3C.[Pd]. The Morgan fingerprint density at radius 1 is 0.661 bits per heavy atom. The third kappa shape index (κ3) is 11.4. The van der Waals surface area contributed by atoms with E-state index >= 15 is 0 Å². The van der Waals surface area contributed by atoms with E-state index < -0.39 is 23.9 Å². The second kappa shape index (κ2) is 20.6. The maximum absolute atomic E-state index is 13.2. The van der Waals surface area contributed by atoms with Crippen molar-refractivity contribution in [1.82, 2.24) is 15.6 Å². The fourth-order valence-corrected chi connectivity index (χ4v) is 7.78. The number of carboxylic acid groups (broad SMARTS) is 3. The molecule has 328 valence electrons. The quantitative estimate of drug-likeness (QED) is 0.0995. The molecule has 8 bridgehead atoms. The molecule has 4 aliphatic rings. The summed E-state index contributed by atoms with van der Waals surface area (Å²) in [6.45, 7) is 7.76. The molecule has 0 radical (unpaired) electrons. The molecular weight excluding hydrogens is 885 g/mol. The number of anilines is 1. The van der Waals surface area contributed by atoms with Gasteiger partial charge in [0.25, 0.3) is 0 Å². The Morgan fingerprint density at radius 3 is 1.95 bits per heavy atom. The Morgan fingerprint density at radius 2 is 1.27 bits per heavy atom. The summed E-state index contributed by atoms with van der Waals surface area (Å²) in [6.07, 6.45) is 8.54. The minimum absolute atomic E-state index is 0. The van der Waals surface area contributed by atoms with Crippen LogP contribution in [0, 0.1) is 6.92 Å². The minimum atomic E-state index is -0.960. The number of rotatable bonds is 17. The van der Waals surface area contributed by atoms with Crippen LogP contribution in [0.1, 0.15) is 82.4 Å². The van der Waals surface area contributed by atoms with Crippen molar-refractivity contribution in [3.63, 3.8) is 0 Å². The molecule has 0 spiro atoms. The molecule has 1 atom stereocenters. The molecule has 16 heteroatoms. The van der Waals surface area contributed by atoms with Gasteiger partial charge in [0.1, 0.15) is 0 Å². The molecular formula is C46H50N7O8Pd-. The van der Waals surface area contributed by atoms with Gasteiger partial charge in [-0.2, -0.15) is 0 Å². The van der Waals surface area contributed by atoms with Crippen LogP contribution in [0.3, 0.4) is 0 Å². The normalized spacial score (nSPS) is 19.4. The number of nitrogens with two attached hydrogens (primary N) is 1. The molecule has 2 aromatic rings. The first-order valence-electron chi connectivity index (χ1n) is 20.3. The number of carbonyl (C=O) groups is 5. The number of nitrogen functional groups attached to an aromatic ring is 1. The predicted octanol–water partition coefficient (Wildman–Crippen LogP) is 3.56. The van der Waals surface area contributed by atoms with Crippen molar-refractivity contribution in [2.24, 2.45) is 15.0 Å². The number of fused-ring (bicyclic) bond motifs is 5. The van der Waals surface area contributed by atoms with Crippen LogP contribution in [0.25, 0.3) is 12.2 Å². The van der Waals surface area contributed by atoms with Crippen molar-refractivity contribution in [2.75, 3.05) is 18.8 Å². The zero-order valence-corrected chi connectivity index (χ0v) is 36.6. The smallest absolute Gasteiger partial charge is 0.303 e. The zero-order valence-electron chi connectivity index (χ0n) is 35.0. The van der Waals surface area contributed by atoms with E-state index in [1.54, 1.807) is 18.2 Å². The van der Waals surface area contributed by atoms with E-state index in [0.717, 1.165) is 50.1 Å². The van der Waals surface area contributed by atoms with Crippen LogP contribution in [0.15, 0.2) is 96.2 Å². The summed E-state index contributed by atoms with van der Waals surface area (Å²) in [5.74, 6) is -3.51. The van der Waals surface area contributed by atoms with E-state index in [9.17, 15) is 39.3 Å². The number of aliphatic carboxylic acids is 3. The molecule has 2 amide bonds. The number of aromatic nitrogens is 1. The van der Waals surface area contributed by atoms with E-state index in [0.29, 0.717) is 57.9 Å². The van der Waals surface area contributed by atoms with E-state index in [1.165, 1.54) is 0 Å². The third-order valence-electron chi connectivity index (χ3n) is 11.3. The van der Waals surface area contributed by atoms with Crippen LogP contribution in [-0.4, -0.2) is 81.3 Å². The van der Waals surface area contributed by atoms with Gasteiger partial charge < -0.3 is 36.7 Å². The molecule has 4 aliphatic heterocycles. The Hall–Kier alpha value is -6.24. The summed E-state index contributed by atoms with van der Waals surface area (Å²) in [4.78, 5) is 81.0. The topological polar surface area (TPSA) is 247 Å². The molecule has 0 fully saturated rings. The fraction of sp³-hybridized carbons (Fsp3) is 0.348. The molecule has 5 heterocycles. The van der Waals surface area contributed by atoms with Crippen LogP contribution in [0.2, 0.25) is 0 Å². The van der Waals surface area contributed by atoms with Crippen molar-refractivity contribution in [2.45, 2.75) is 91.5 Å². The van der Waals surface area contributed by atoms with Crippen LogP contribution < -0.4 is 32.0 Å². The molecule has 1 aromatic carbocycles. The third-order valence-corrected chi connectivity index (χ3v) is 11.3. The summed E-state index contributed by atoms with van der Waals surface area (Å²) in [5.41, 5.74) is 16.4. The molecule has 62 heavy (non-hydrogen) atoms. The van der Waals surface area contributed by atoms with Gasteiger partial charge in [-0.15, -0.1) is 10.7 Å². The average molecular weight is 935 g/mol. The molecule has 0 saturated heterocycles. The van der Waals surface area contributed by atoms with Gasteiger partial charge in [-0.25, -0.2) is 9.98 Å². The van der Waals surface area contributed by atoms with Gasteiger partial charge in [-0.05, 0) is 123 Å². The average Bonchev–Trinajstić information content (AvgIpc) is 3.87. The van der Waals surface area contributed by atoms with Gasteiger partial charge in [-0.1, -0.05) is 35.4 Å². The number of amides is 2. The van der Waals surface area contributed by atoms with Crippen LogP contribution >= 0.6 is 0 Å². The molecule has 1 unspecified atom stereocenters. The molecule has 7 N–H and O–H groups in total. The van der Waals surface area contributed by atoms with Gasteiger partial charge in [0.2, 0.25) is 11.8 Å². The summed E-state index contributed by atoms with van der Waals surface area (Å²) in [5, 5.41) is 35.5. The monoisotopic (exact) mass is 934 g/mol. The largest absolute Gasteiger partial charge is 0.657 e.